The Hall–Kier alpha value is -2.01. The number of aryl methyl sites for hydroxylation is 3. The number of rotatable bonds is 2. The third-order valence-electron chi connectivity index (χ3n) is 4.04. The monoisotopic (exact) mass is 320 g/mol. The van der Waals surface area contributed by atoms with E-state index in [0.717, 1.165) is 0 Å². The molecule has 2 rings (SSSR count). The molecule has 5 heteroatoms. The second kappa shape index (κ2) is 5.32. The second-order valence-electron chi connectivity index (χ2n) is 5.70. The summed E-state index contributed by atoms with van der Waals surface area (Å²) in [6.45, 7) is 8.39. The van der Waals surface area contributed by atoms with Crippen molar-refractivity contribution in [3.8, 4) is 11.5 Å². The highest BCUT2D eigenvalue weighted by atomic mass is 32.2. The Bertz CT molecular complexity index is 842. The van der Waals surface area contributed by atoms with Crippen molar-refractivity contribution in [1.82, 2.24) is 0 Å². The quantitative estimate of drug-likeness (QED) is 0.888. The molecule has 4 nitrogen and oxygen atoms in total. The van der Waals surface area contributed by atoms with Crippen molar-refractivity contribution < 1.29 is 18.6 Å². The van der Waals surface area contributed by atoms with Crippen LogP contribution in [0.1, 0.15) is 27.8 Å². The Morgan fingerprint density at radius 3 is 1.77 bits per heavy atom. The molecule has 118 valence electrons. The fraction of sp³-hybridized carbons (Fsp3) is 0.294. The smallest absolute Gasteiger partial charge is 0.207 e. The SMILES string of the molecule is Cc1cc(S(=O)(=O)c2c(C)cc(O)c(C)c2C)cc(C)c1O. The van der Waals surface area contributed by atoms with Gasteiger partial charge in [-0.15, -0.1) is 0 Å². The first-order chi connectivity index (χ1) is 10.1. The predicted octanol–water partition coefficient (Wildman–Crippen LogP) is 3.47. The fourth-order valence-electron chi connectivity index (χ4n) is 2.64. The van der Waals surface area contributed by atoms with Crippen LogP contribution >= 0.6 is 0 Å². The van der Waals surface area contributed by atoms with Crippen LogP contribution in [0.4, 0.5) is 0 Å². The van der Waals surface area contributed by atoms with E-state index in [9.17, 15) is 18.6 Å². The molecule has 0 aliphatic heterocycles. The maximum Gasteiger partial charge on any atom is 0.207 e. The van der Waals surface area contributed by atoms with Gasteiger partial charge in [0.15, 0.2) is 0 Å². The van der Waals surface area contributed by atoms with Crippen LogP contribution < -0.4 is 0 Å². The van der Waals surface area contributed by atoms with E-state index in [4.69, 9.17) is 0 Å². The van der Waals surface area contributed by atoms with Gasteiger partial charge in [-0.25, -0.2) is 8.42 Å². The molecular weight excluding hydrogens is 300 g/mol. The van der Waals surface area contributed by atoms with E-state index in [-0.39, 0.29) is 21.3 Å². The highest BCUT2D eigenvalue weighted by Gasteiger charge is 2.25. The van der Waals surface area contributed by atoms with Gasteiger partial charge < -0.3 is 10.2 Å². The first kappa shape index (κ1) is 16.4. The Balaban J connectivity index is 2.80. The normalized spacial score (nSPS) is 11.7. The lowest BCUT2D eigenvalue weighted by Crippen LogP contribution is -2.08. The van der Waals surface area contributed by atoms with E-state index in [2.05, 4.69) is 0 Å². The standard InChI is InChI=1S/C17H20O4S/c1-9-6-14(7-10(2)16(9)19)22(20,21)17-11(3)8-15(18)12(4)13(17)5/h6-8,18-19H,1-5H3. The third-order valence-corrected chi connectivity index (χ3v) is 6.06. The summed E-state index contributed by atoms with van der Waals surface area (Å²) in [7, 11) is -3.72. The first-order valence-electron chi connectivity index (χ1n) is 6.92. The van der Waals surface area contributed by atoms with Gasteiger partial charge in [-0.2, -0.15) is 0 Å². The van der Waals surface area contributed by atoms with Crippen LogP contribution in [0, 0.1) is 34.6 Å². The molecule has 22 heavy (non-hydrogen) atoms. The molecule has 0 spiro atoms. The number of sulfone groups is 1. The van der Waals surface area contributed by atoms with Crippen LogP contribution in [0.3, 0.4) is 0 Å². The molecule has 0 aromatic heterocycles. The Kier molecular flexibility index (Phi) is 3.96. The second-order valence-corrected chi connectivity index (χ2v) is 7.59. The summed E-state index contributed by atoms with van der Waals surface area (Å²) in [6.07, 6.45) is 0. The summed E-state index contributed by atoms with van der Waals surface area (Å²) in [5, 5.41) is 19.7. The number of aromatic hydroxyl groups is 2. The summed E-state index contributed by atoms with van der Waals surface area (Å²) in [4.78, 5) is 0.365. The number of phenols is 2. The summed E-state index contributed by atoms with van der Waals surface area (Å²) < 4.78 is 26.0. The maximum atomic E-state index is 13.0. The molecule has 0 atom stereocenters. The molecule has 0 radical (unpaired) electrons. The number of hydrogen-bond donors (Lipinski definition) is 2. The zero-order chi connectivity index (χ0) is 16.8. The van der Waals surface area contributed by atoms with Crippen LogP contribution in [-0.2, 0) is 9.84 Å². The van der Waals surface area contributed by atoms with Crippen molar-refractivity contribution in [2.45, 2.75) is 44.4 Å². The van der Waals surface area contributed by atoms with Gasteiger partial charge in [-0.3, -0.25) is 0 Å². The van der Waals surface area contributed by atoms with Gasteiger partial charge in [-0.1, -0.05) is 0 Å². The zero-order valence-corrected chi connectivity index (χ0v) is 14.2. The van der Waals surface area contributed by atoms with Gasteiger partial charge in [0.05, 0.1) is 9.79 Å². The highest BCUT2D eigenvalue weighted by molar-refractivity contribution is 7.91. The summed E-state index contributed by atoms with van der Waals surface area (Å²) >= 11 is 0. The summed E-state index contributed by atoms with van der Waals surface area (Å²) in [6, 6.07) is 4.41. The van der Waals surface area contributed by atoms with Crippen molar-refractivity contribution in [3.05, 3.63) is 46.0 Å². The van der Waals surface area contributed by atoms with Gasteiger partial charge in [0, 0.05) is 0 Å². The number of benzene rings is 2. The van der Waals surface area contributed by atoms with Gasteiger partial charge in [-0.05, 0) is 80.6 Å². The molecule has 2 aromatic rings. The topological polar surface area (TPSA) is 74.6 Å². The Morgan fingerprint density at radius 2 is 1.27 bits per heavy atom. The van der Waals surface area contributed by atoms with Gasteiger partial charge in [0.25, 0.3) is 0 Å². The molecule has 0 heterocycles. The van der Waals surface area contributed by atoms with Crippen LogP contribution in [0.15, 0.2) is 28.0 Å². The van der Waals surface area contributed by atoms with E-state index in [0.29, 0.717) is 27.8 Å². The first-order valence-corrected chi connectivity index (χ1v) is 8.40. The lowest BCUT2D eigenvalue weighted by Gasteiger charge is -2.16. The molecule has 2 aromatic carbocycles. The maximum absolute atomic E-state index is 13.0. The number of hydrogen-bond acceptors (Lipinski definition) is 4. The van der Waals surface area contributed by atoms with Crippen LogP contribution in [-0.4, -0.2) is 18.6 Å². The molecule has 0 aliphatic carbocycles. The van der Waals surface area contributed by atoms with Crippen molar-refractivity contribution in [3.63, 3.8) is 0 Å². The minimum Gasteiger partial charge on any atom is -0.508 e. The predicted molar refractivity (Wildman–Crippen MR) is 85.4 cm³/mol. The van der Waals surface area contributed by atoms with Crippen LogP contribution in [0.25, 0.3) is 0 Å². The molecular formula is C17H20O4S. The Labute approximate surface area is 131 Å². The van der Waals surface area contributed by atoms with Crippen LogP contribution in [0.2, 0.25) is 0 Å². The molecule has 0 saturated carbocycles. The fourth-order valence-corrected chi connectivity index (χ4v) is 4.58. The minimum absolute atomic E-state index is 0.0898. The van der Waals surface area contributed by atoms with Crippen LogP contribution in [0.5, 0.6) is 11.5 Å². The van der Waals surface area contributed by atoms with E-state index < -0.39 is 9.84 Å². The molecule has 0 unspecified atom stereocenters. The Morgan fingerprint density at radius 1 is 0.773 bits per heavy atom. The highest BCUT2D eigenvalue weighted by Crippen LogP contribution is 2.35. The number of phenolic OH excluding ortho intramolecular Hbond substituents is 2. The van der Waals surface area contributed by atoms with Gasteiger partial charge >= 0.3 is 0 Å². The largest absolute Gasteiger partial charge is 0.508 e. The van der Waals surface area contributed by atoms with E-state index in [1.807, 2.05) is 0 Å². The lowest BCUT2D eigenvalue weighted by atomic mass is 10.1. The average molecular weight is 320 g/mol. The van der Waals surface area contributed by atoms with Crippen molar-refractivity contribution in [1.29, 1.82) is 0 Å². The molecule has 0 saturated heterocycles. The molecule has 0 aliphatic rings. The van der Waals surface area contributed by atoms with Crippen molar-refractivity contribution in [2.24, 2.45) is 0 Å². The molecule has 0 amide bonds. The third kappa shape index (κ3) is 2.46. The summed E-state index contributed by atoms with van der Waals surface area (Å²) in [5.74, 6) is 0.196. The average Bonchev–Trinajstić information content (AvgIpc) is 2.41. The lowest BCUT2D eigenvalue weighted by molar-refractivity contribution is 0.466. The molecule has 2 N–H and O–H groups in total. The van der Waals surface area contributed by atoms with E-state index in [1.165, 1.54) is 18.2 Å². The van der Waals surface area contributed by atoms with E-state index >= 15 is 0 Å². The summed E-state index contributed by atoms with van der Waals surface area (Å²) in [5.41, 5.74) is 2.63. The van der Waals surface area contributed by atoms with Crippen molar-refractivity contribution >= 4 is 9.84 Å². The van der Waals surface area contributed by atoms with E-state index in [1.54, 1.807) is 34.6 Å². The molecule has 0 bridgehead atoms. The van der Waals surface area contributed by atoms with Gasteiger partial charge in [0.1, 0.15) is 11.5 Å². The molecule has 0 fully saturated rings. The van der Waals surface area contributed by atoms with Gasteiger partial charge in [0.2, 0.25) is 9.84 Å². The zero-order valence-electron chi connectivity index (χ0n) is 13.4. The van der Waals surface area contributed by atoms with Crippen molar-refractivity contribution in [2.75, 3.05) is 0 Å². The minimum atomic E-state index is -3.72.